The second kappa shape index (κ2) is 8.62. The maximum Gasteiger partial charge on any atom is 0.233 e. The van der Waals surface area contributed by atoms with Gasteiger partial charge in [-0.1, -0.05) is 42.1 Å². The van der Waals surface area contributed by atoms with E-state index in [0.29, 0.717) is 10.6 Å². The molecule has 0 aromatic heterocycles. The quantitative estimate of drug-likeness (QED) is 0.863. The summed E-state index contributed by atoms with van der Waals surface area (Å²) in [6, 6.07) is 12.3. The molecule has 142 valence electrons. The van der Waals surface area contributed by atoms with Crippen LogP contribution in [0.15, 0.2) is 40.9 Å². The molecule has 0 aliphatic carbocycles. The predicted molar refractivity (Wildman–Crippen MR) is 107 cm³/mol. The van der Waals surface area contributed by atoms with Crippen LogP contribution in [0.5, 0.6) is 0 Å². The summed E-state index contributed by atoms with van der Waals surface area (Å²) < 4.78 is 0. The standard InChI is InChI=1S/C21H25N3O2S/c1-14-7-6-8-15(2)24(14)20(26)13-27-21-18(12-22)17(11-19(25)23-21)16-9-4-3-5-10-16/h3-5,9-10,14-15,17H,6-8,11,13H2,1-2H3,(H,23,25)/t14-,15-,17-/m1/s1. The summed E-state index contributed by atoms with van der Waals surface area (Å²) in [4.78, 5) is 26.9. The summed E-state index contributed by atoms with van der Waals surface area (Å²) >= 11 is 1.27. The summed E-state index contributed by atoms with van der Waals surface area (Å²) in [5.74, 6) is -0.0646. The normalized spacial score (nSPS) is 25.7. The van der Waals surface area contributed by atoms with Gasteiger partial charge in [0.25, 0.3) is 0 Å². The lowest BCUT2D eigenvalue weighted by atomic mass is 9.87. The van der Waals surface area contributed by atoms with Crippen molar-refractivity contribution in [3.8, 4) is 6.07 Å². The molecule has 1 fully saturated rings. The van der Waals surface area contributed by atoms with Crippen LogP contribution in [0, 0.1) is 11.3 Å². The van der Waals surface area contributed by atoms with Crippen LogP contribution >= 0.6 is 11.8 Å². The molecule has 2 aliphatic heterocycles. The van der Waals surface area contributed by atoms with Gasteiger partial charge in [-0.05, 0) is 38.7 Å². The van der Waals surface area contributed by atoms with Crippen molar-refractivity contribution in [2.45, 2.75) is 57.5 Å². The van der Waals surface area contributed by atoms with Crippen LogP contribution in [-0.4, -0.2) is 34.6 Å². The number of hydrogen-bond acceptors (Lipinski definition) is 4. The lowest BCUT2D eigenvalue weighted by Crippen LogP contribution is -2.48. The van der Waals surface area contributed by atoms with Gasteiger partial charge in [-0.2, -0.15) is 5.26 Å². The van der Waals surface area contributed by atoms with Crippen molar-refractivity contribution in [2.75, 3.05) is 5.75 Å². The van der Waals surface area contributed by atoms with E-state index in [-0.39, 0.29) is 42.0 Å². The molecule has 1 saturated heterocycles. The molecule has 0 unspecified atom stereocenters. The Kier molecular flexibility index (Phi) is 6.22. The van der Waals surface area contributed by atoms with Gasteiger partial charge in [0.2, 0.25) is 11.8 Å². The number of likely N-dealkylation sites (tertiary alicyclic amines) is 1. The topological polar surface area (TPSA) is 73.2 Å². The first-order valence-corrected chi connectivity index (χ1v) is 10.4. The number of nitrogens with zero attached hydrogens (tertiary/aromatic N) is 2. The van der Waals surface area contributed by atoms with Gasteiger partial charge in [0.1, 0.15) is 0 Å². The molecule has 2 heterocycles. The summed E-state index contributed by atoms with van der Waals surface area (Å²) in [6.07, 6.45) is 3.46. The smallest absolute Gasteiger partial charge is 0.233 e. The molecule has 5 nitrogen and oxygen atoms in total. The number of nitrogens with one attached hydrogen (secondary N) is 1. The number of piperidine rings is 1. The first-order chi connectivity index (χ1) is 13.0. The van der Waals surface area contributed by atoms with Crippen LogP contribution in [0.4, 0.5) is 0 Å². The van der Waals surface area contributed by atoms with E-state index < -0.39 is 0 Å². The zero-order valence-electron chi connectivity index (χ0n) is 15.8. The van der Waals surface area contributed by atoms with Gasteiger partial charge in [0.05, 0.1) is 22.4 Å². The minimum Gasteiger partial charge on any atom is -0.337 e. The SMILES string of the molecule is C[C@@H]1CCC[C@@H](C)N1C(=O)CSC1=C(C#N)[C@@H](c2ccccc2)CC(=O)N1. The molecular weight excluding hydrogens is 358 g/mol. The van der Waals surface area contributed by atoms with Gasteiger partial charge >= 0.3 is 0 Å². The first kappa shape index (κ1) is 19.5. The van der Waals surface area contributed by atoms with E-state index in [2.05, 4.69) is 25.2 Å². The molecule has 1 N–H and O–H groups in total. The molecule has 1 aromatic rings. The summed E-state index contributed by atoms with van der Waals surface area (Å²) in [7, 11) is 0. The summed E-state index contributed by atoms with van der Waals surface area (Å²) in [6.45, 7) is 4.18. The number of nitriles is 1. The van der Waals surface area contributed by atoms with E-state index in [9.17, 15) is 14.9 Å². The minimum absolute atomic E-state index is 0.0700. The number of amides is 2. The molecule has 27 heavy (non-hydrogen) atoms. The summed E-state index contributed by atoms with van der Waals surface area (Å²) in [5.41, 5.74) is 1.49. The van der Waals surface area contributed by atoms with Gasteiger partial charge in [0.15, 0.2) is 0 Å². The van der Waals surface area contributed by atoms with Crippen molar-refractivity contribution >= 4 is 23.6 Å². The Morgan fingerprint density at radius 1 is 1.26 bits per heavy atom. The molecule has 0 bridgehead atoms. The monoisotopic (exact) mass is 383 g/mol. The number of hydrogen-bond donors (Lipinski definition) is 1. The highest BCUT2D eigenvalue weighted by Crippen LogP contribution is 2.36. The molecule has 0 radical (unpaired) electrons. The first-order valence-electron chi connectivity index (χ1n) is 9.44. The van der Waals surface area contributed by atoms with E-state index in [1.807, 2.05) is 35.2 Å². The van der Waals surface area contributed by atoms with Crippen molar-refractivity contribution in [1.82, 2.24) is 10.2 Å². The highest BCUT2D eigenvalue weighted by molar-refractivity contribution is 8.03. The van der Waals surface area contributed by atoms with Crippen LogP contribution < -0.4 is 5.32 Å². The highest BCUT2D eigenvalue weighted by Gasteiger charge is 2.32. The van der Waals surface area contributed by atoms with E-state index in [4.69, 9.17) is 0 Å². The average molecular weight is 384 g/mol. The van der Waals surface area contributed by atoms with E-state index in [1.54, 1.807) is 0 Å². The maximum absolute atomic E-state index is 12.8. The third kappa shape index (κ3) is 4.36. The second-order valence-corrected chi connectivity index (χ2v) is 8.27. The molecule has 3 rings (SSSR count). The van der Waals surface area contributed by atoms with E-state index >= 15 is 0 Å². The second-order valence-electron chi connectivity index (χ2n) is 7.29. The Bertz CT molecular complexity index is 774. The number of allylic oxidation sites excluding steroid dienone is 1. The van der Waals surface area contributed by atoms with Crippen molar-refractivity contribution < 1.29 is 9.59 Å². The molecule has 6 heteroatoms. The molecule has 0 saturated carbocycles. The lowest BCUT2D eigenvalue weighted by Gasteiger charge is -2.39. The van der Waals surface area contributed by atoms with Gasteiger partial charge in [-0.3, -0.25) is 9.59 Å². The van der Waals surface area contributed by atoms with Crippen LogP contribution in [0.3, 0.4) is 0 Å². The van der Waals surface area contributed by atoms with Crippen LogP contribution in [0.1, 0.15) is 51.0 Å². The molecule has 0 spiro atoms. The highest BCUT2D eigenvalue weighted by atomic mass is 32.2. The molecular formula is C21H25N3O2S. The van der Waals surface area contributed by atoms with Gasteiger partial charge in [0, 0.05) is 24.4 Å². The minimum atomic E-state index is -0.254. The molecule has 2 aliphatic rings. The van der Waals surface area contributed by atoms with Crippen molar-refractivity contribution in [3.05, 3.63) is 46.5 Å². The number of rotatable bonds is 4. The number of benzene rings is 1. The fourth-order valence-corrected chi connectivity index (χ4v) is 4.97. The van der Waals surface area contributed by atoms with Gasteiger partial charge < -0.3 is 10.2 Å². The van der Waals surface area contributed by atoms with E-state index in [0.717, 1.165) is 24.8 Å². The number of thioether (sulfide) groups is 1. The number of carbonyl (C=O) groups excluding carboxylic acids is 2. The Morgan fingerprint density at radius 3 is 2.56 bits per heavy atom. The Balaban J connectivity index is 1.77. The Labute approximate surface area is 164 Å². The Morgan fingerprint density at radius 2 is 1.93 bits per heavy atom. The van der Waals surface area contributed by atoms with Gasteiger partial charge in [-0.15, -0.1) is 0 Å². The number of carbonyl (C=O) groups is 2. The zero-order chi connectivity index (χ0) is 19.4. The fraction of sp³-hybridized carbons (Fsp3) is 0.476. The Hall–Kier alpha value is -2.26. The van der Waals surface area contributed by atoms with Crippen molar-refractivity contribution in [3.63, 3.8) is 0 Å². The third-order valence-corrected chi connectivity index (χ3v) is 6.38. The van der Waals surface area contributed by atoms with E-state index in [1.165, 1.54) is 11.8 Å². The largest absolute Gasteiger partial charge is 0.337 e. The lowest BCUT2D eigenvalue weighted by molar-refractivity contribution is -0.134. The van der Waals surface area contributed by atoms with Crippen LogP contribution in [-0.2, 0) is 9.59 Å². The predicted octanol–water partition coefficient (Wildman–Crippen LogP) is 3.55. The van der Waals surface area contributed by atoms with Gasteiger partial charge in [-0.25, -0.2) is 0 Å². The third-order valence-electron chi connectivity index (χ3n) is 5.38. The maximum atomic E-state index is 12.8. The molecule has 1 aromatic carbocycles. The van der Waals surface area contributed by atoms with Crippen LogP contribution in [0.2, 0.25) is 0 Å². The molecule has 3 atom stereocenters. The van der Waals surface area contributed by atoms with Crippen molar-refractivity contribution in [2.24, 2.45) is 0 Å². The summed E-state index contributed by atoms with van der Waals surface area (Å²) in [5, 5.41) is 13.0. The zero-order valence-corrected chi connectivity index (χ0v) is 16.6. The fourth-order valence-electron chi connectivity index (χ4n) is 4.02. The average Bonchev–Trinajstić information content (AvgIpc) is 2.66. The van der Waals surface area contributed by atoms with Crippen molar-refractivity contribution in [1.29, 1.82) is 5.26 Å². The van der Waals surface area contributed by atoms with Crippen LogP contribution in [0.25, 0.3) is 0 Å². The molecule has 2 amide bonds.